The fourth-order valence-corrected chi connectivity index (χ4v) is 2.38. The summed E-state index contributed by atoms with van der Waals surface area (Å²) in [5, 5.41) is 9.57. The molecular formula is C21H18N2O3. The third kappa shape index (κ3) is 4.27. The van der Waals surface area contributed by atoms with Gasteiger partial charge in [-0.2, -0.15) is 0 Å². The minimum Gasteiger partial charge on any atom is -0.504 e. The lowest BCUT2D eigenvalue weighted by molar-refractivity contribution is -0.110. The highest BCUT2D eigenvalue weighted by molar-refractivity contribution is 6.04. The zero-order chi connectivity index (χ0) is 18.4. The molecule has 2 aromatic carbocycles. The van der Waals surface area contributed by atoms with E-state index in [-0.39, 0.29) is 11.5 Å². The van der Waals surface area contributed by atoms with E-state index in [1.165, 1.54) is 25.3 Å². The summed E-state index contributed by atoms with van der Waals surface area (Å²) in [4.78, 5) is 16.0. The predicted octanol–water partition coefficient (Wildman–Crippen LogP) is 3.88. The monoisotopic (exact) mass is 346 g/mol. The van der Waals surface area contributed by atoms with Crippen LogP contribution in [0, 0.1) is 0 Å². The van der Waals surface area contributed by atoms with Gasteiger partial charge in [-0.05, 0) is 47.5 Å². The first-order chi connectivity index (χ1) is 12.7. The first-order valence-electron chi connectivity index (χ1n) is 8.01. The summed E-state index contributed by atoms with van der Waals surface area (Å²) >= 11 is 0. The lowest BCUT2D eigenvalue weighted by atomic mass is 10.1. The van der Waals surface area contributed by atoms with Crippen LogP contribution in [0.5, 0.6) is 11.5 Å². The zero-order valence-electron chi connectivity index (χ0n) is 14.2. The van der Waals surface area contributed by atoms with Gasteiger partial charge in [-0.1, -0.05) is 30.4 Å². The minimum atomic E-state index is -0.129. The smallest absolute Gasteiger partial charge is 0.178 e. The molecule has 0 saturated carbocycles. The van der Waals surface area contributed by atoms with Gasteiger partial charge in [0.15, 0.2) is 17.3 Å². The topological polar surface area (TPSA) is 64.4 Å². The SMILES string of the molecule is COc1cc(/C=C/C(=O)/C=C/c2ccc(-n3ccnc3)cc2)ccc1O. The van der Waals surface area contributed by atoms with Crippen molar-refractivity contribution in [2.24, 2.45) is 0 Å². The molecule has 0 radical (unpaired) electrons. The maximum Gasteiger partial charge on any atom is 0.178 e. The third-order valence-corrected chi connectivity index (χ3v) is 3.78. The number of nitrogens with zero attached hydrogens (tertiary/aromatic N) is 2. The van der Waals surface area contributed by atoms with Crippen molar-refractivity contribution in [3.05, 3.63) is 84.5 Å². The molecule has 0 amide bonds. The van der Waals surface area contributed by atoms with Gasteiger partial charge in [0.05, 0.1) is 13.4 Å². The van der Waals surface area contributed by atoms with Crippen LogP contribution >= 0.6 is 0 Å². The second-order valence-corrected chi connectivity index (χ2v) is 5.56. The van der Waals surface area contributed by atoms with E-state index in [1.807, 2.05) is 35.0 Å². The minimum absolute atomic E-state index is 0.0648. The number of rotatable bonds is 6. The van der Waals surface area contributed by atoms with Gasteiger partial charge in [-0.15, -0.1) is 0 Å². The number of phenols is 1. The first kappa shape index (κ1) is 17.2. The van der Waals surface area contributed by atoms with E-state index in [0.29, 0.717) is 5.75 Å². The lowest BCUT2D eigenvalue weighted by Crippen LogP contribution is -1.89. The van der Waals surface area contributed by atoms with Gasteiger partial charge >= 0.3 is 0 Å². The second kappa shape index (κ2) is 7.98. The fraction of sp³-hybridized carbons (Fsp3) is 0.0476. The molecule has 5 heteroatoms. The van der Waals surface area contributed by atoms with Crippen LogP contribution in [-0.2, 0) is 4.79 Å². The Kier molecular flexibility index (Phi) is 5.29. The lowest BCUT2D eigenvalue weighted by Gasteiger charge is -2.03. The molecule has 1 heterocycles. The largest absolute Gasteiger partial charge is 0.504 e. The second-order valence-electron chi connectivity index (χ2n) is 5.56. The molecule has 0 saturated heterocycles. The number of carbonyl (C=O) groups is 1. The molecular weight excluding hydrogens is 328 g/mol. The number of aromatic nitrogens is 2. The van der Waals surface area contributed by atoms with Gasteiger partial charge in [0.1, 0.15) is 0 Å². The van der Waals surface area contributed by atoms with Crippen molar-refractivity contribution in [3.8, 4) is 17.2 Å². The molecule has 0 unspecified atom stereocenters. The molecule has 1 N–H and O–H groups in total. The highest BCUT2D eigenvalue weighted by atomic mass is 16.5. The highest BCUT2D eigenvalue weighted by Gasteiger charge is 2.01. The Balaban J connectivity index is 1.64. The van der Waals surface area contributed by atoms with Crippen molar-refractivity contribution in [1.82, 2.24) is 9.55 Å². The molecule has 0 aliphatic rings. The molecule has 0 aliphatic heterocycles. The van der Waals surface area contributed by atoms with Crippen LogP contribution in [-0.4, -0.2) is 27.6 Å². The first-order valence-corrected chi connectivity index (χ1v) is 8.01. The number of hydrogen-bond acceptors (Lipinski definition) is 4. The van der Waals surface area contributed by atoms with Crippen molar-refractivity contribution in [1.29, 1.82) is 0 Å². The molecule has 0 aliphatic carbocycles. The number of ketones is 1. The van der Waals surface area contributed by atoms with Crippen molar-refractivity contribution in [2.45, 2.75) is 0 Å². The summed E-state index contributed by atoms with van der Waals surface area (Å²) in [6, 6.07) is 12.7. The molecule has 0 atom stereocenters. The van der Waals surface area contributed by atoms with E-state index < -0.39 is 0 Å². The third-order valence-electron chi connectivity index (χ3n) is 3.78. The van der Waals surface area contributed by atoms with Crippen molar-refractivity contribution in [3.63, 3.8) is 0 Å². The van der Waals surface area contributed by atoms with Gasteiger partial charge in [0.2, 0.25) is 0 Å². The summed E-state index contributed by atoms with van der Waals surface area (Å²) in [5.74, 6) is 0.305. The average molecular weight is 346 g/mol. The Hall–Kier alpha value is -3.60. The van der Waals surface area contributed by atoms with Crippen LogP contribution in [0.4, 0.5) is 0 Å². The maximum absolute atomic E-state index is 12.0. The average Bonchev–Trinajstić information content (AvgIpc) is 3.21. The van der Waals surface area contributed by atoms with Gasteiger partial charge in [0, 0.05) is 18.1 Å². The van der Waals surface area contributed by atoms with Crippen LogP contribution < -0.4 is 4.74 Å². The van der Waals surface area contributed by atoms with Crippen molar-refractivity contribution < 1.29 is 14.6 Å². The highest BCUT2D eigenvalue weighted by Crippen LogP contribution is 2.26. The van der Waals surface area contributed by atoms with Gasteiger partial charge in [-0.3, -0.25) is 4.79 Å². The molecule has 0 fully saturated rings. The Bertz CT molecular complexity index is 940. The molecule has 0 spiro atoms. The van der Waals surface area contributed by atoms with E-state index in [9.17, 15) is 9.90 Å². The Morgan fingerprint density at radius 3 is 2.42 bits per heavy atom. The molecule has 3 rings (SSSR count). The number of hydrogen-bond donors (Lipinski definition) is 1. The molecule has 130 valence electrons. The van der Waals surface area contributed by atoms with Gasteiger partial charge < -0.3 is 14.4 Å². The number of aromatic hydroxyl groups is 1. The molecule has 0 bridgehead atoms. The van der Waals surface area contributed by atoms with E-state index in [0.717, 1.165) is 16.8 Å². The Morgan fingerprint density at radius 1 is 1.08 bits per heavy atom. The van der Waals surface area contributed by atoms with Crippen molar-refractivity contribution in [2.75, 3.05) is 7.11 Å². The molecule has 1 aromatic heterocycles. The Morgan fingerprint density at radius 2 is 1.77 bits per heavy atom. The quantitative estimate of drug-likeness (QED) is 0.688. The number of phenolic OH excluding ortho intramolecular Hbond substituents is 1. The normalized spacial score (nSPS) is 11.3. The standard InChI is InChI=1S/C21H18N2O3/c1-26-21-14-17(6-11-20(21)25)5-10-19(24)9-4-16-2-7-18(8-3-16)23-13-12-22-15-23/h2-15,25H,1H3/b9-4+,10-5+. The number of methoxy groups -OCH3 is 1. The van der Waals surface area contributed by atoms with Crippen molar-refractivity contribution >= 4 is 17.9 Å². The van der Waals surface area contributed by atoms with Crippen LogP contribution in [0.3, 0.4) is 0 Å². The van der Waals surface area contributed by atoms with Crippen LogP contribution in [0.1, 0.15) is 11.1 Å². The number of imidazole rings is 1. The van der Waals surface area contributed by atoms with Crippen LogP contribution in [0.25, 0.3) is 17.8 Å². The number of allylic oxidation sites excluding steroid dienone is 2. The summed E-state index contributed by atoms with van der Waals surface area (Å²) in [6.07, 6.45) is 11.8. The number of carbonyl (C=O) groups excluding carboxylic acids is 1. The predicted molar refractivity (Wildman–Crippen MR) is 101 cm³/mol. The Labute approximate surface area is 151 Å². The molecule has 26 heavy (non-hydrogen) atoms. The molecule has 5 nitrogen and oxygen atoms in total. The fourth-order valence-electron chi connectivity index (χ4n) is 2.38. The summed E-state index contributed by atoms with van der Waals surface area (Å²) in [5.41, 5.74) is 2.71. The number of ether oxygens (including phenoxy) is 1. The van der Waals surface area contributed by atoms with Gasteiger partial charge in [-0.25, -0.2) is 4.98 Å². The summed E-state index contributed by atoms with van der Waals surface area (Å²) < 4.78 is 6.96. The summed E-state index contributed by atoms with van der Waals surface area (Å²) in [6.45, 7) is 0. The maximum atomic E-state index is 12.0. The van der Waals surface area contributed by atoms with E-state index in [2.05, 4.69) is 4.98 Å². The van der Waals surface area contributed by atoms with Gasteiger partial charge in [0.25, 0.3) is 0 Å². The molecule has 3 aromatic rings. The zero-order valence-corrected chi connectivity index (χ0v) is 14.2. The van der Waals surface area contributed by atoms with E-state index in [4.69, 9.17) is 4.74 Å². The van der Waals surface area contributed by atoms with Crippen LogP contribution in [0.2, 0.25) is 0 Å². The number of benzene rings is 2. The van der Waals surface area contributed by atoms with E-state index in [1.54, 1.807) is 36.8 Å². The van der Waals surface area contributed by atoms with E-state index >= 15 is 0 Å². The summed E-state index contributed by atoms with van der Waals surface area (Å²) in [7, 11) is 1.48. The van der Waals surface area contributed by atoms with Crippen LogP contribution in [0.15, 0.2) is 73.3 Å².